The van der Waals surface area contributed by atoms with Gasteiger partial charge < -0.3 is 4.90 Å². The standard InChI is InChI=1S/C22H27FN2/c1-22(2)11-8-18-14-19(23)21(24-20(18)15-22)25-12-9-17(10-13-25)16-6-4-3-5-7-16/h3-7,14,17H,8-13,15H2,1-2H3. The number of aromatic nitrogens is 1. The number of hydrogen-bond acceptors (Lipinski definition) is 2. The molecule has 0 unspecified atom stereocenters. The van der Waals surface area contributed by atoms with Crippen molar-refractivity contribution < 1.29 is 4.39 Å². The first kappa shape index (κ1) is 16.6. The van der Waals surface area contributed by atoms with E-state index in [1.807, 2.05) is 0 Å². The third-order valence-corrected chi connectivity index (χ3v) is 5.91. The van der Waals surface area contributed by atoms with E-state index in [1.54, 1.807) is 6.07 Å². The SMILES string of the molecule is CC1(C)CCc2cc(F)c(N3CCC(c4ccccc4)CC3)nc2C1. The van der Waals surface area contributed by atoms with E-state index in [0.717, 1.165) is 56.5 Å². The maximum Gasteiger partial charge on any atom is 0.165 e. The monoisotopic (exact) mass is 338 g/mol. The molecule has 25 heavy (non-hydrogen) atoms. The highest BCUT2D eigenvalue weighted by Gasteiger charge is 2.29. The summed E-state index contributed by atoms with van der Waals surface area (Å²) in [5, 5.41) is 0. The molecule has 0 spiro atoms. The van der Waals surface area contributed by atoms with Gasteiger partial charge in [0, 0.05) is 18.8 Å². The maximum atomic E-state index is 14.7. The fraction of sp³-hybridized carbons (Fsp3) is 0.500. The molecule has 1 fully saturated rings. The quantitative estimate of drug-likeness (QED) is 0.755. The molecule has 1 aromatic carbocycles. The molecule has 2 aromatic rings. The van der Waals surface area contributed by atoms with Crippen LogP contribution in [0.4, 0.5) is 10.2 Å². The highest BCUT2D eigenvalue weighted by molar-refractivity contribution is 5.45. The van der Waals surface area contributed by atoms with Crippen LogP contribution in [0.5, 0.6) is 0 Å². The zero-order chi connectivity index (χ0) is 17.4. The van der Waals surface area contributed by atoms with E-state index in [0.29, 0.717) is 11.7 Å². The summed E-state index contributed by atoms with van der Waals surface area (Å²) in [4.78, 5) is 6.93. The van der Waals surface area contributed by atoms with E-state index in [2.05, 4.69) is 49.1 Å². The van der Waals surface area contributed by atoms with E-state index in [9.17, 15) is 4.39 Å². The first-order chi connectivity index (χ1) is 12.0. The Morgan fingerprint density at radius 3 is 2.56 bits per heavy atom. The Morgan fingerprint density at radius 1 is 1.12 bits per heavy atom. The van der Waals surface area contributed by atoms with Gasteiger partial charge >= 0.3 is 0 Å². The Hall–Kier alpha value is -1.90. The topological polar surface area (TPSA) is 16.1 Å². The van der Waals surface area contributed by atoms with Crippen LogP contribution in [0, 0.1) is 11.2 Å². The molecule has 4 rings (SSSR count). The van der Waals surface area contributed by atoms with Crippen LogP contribution in [0.3, 0.4) is 0 Å². The molecule has 132 valence electrons. The Labute approximate surface area is 150 Å². The number of hydrogen-bond donors (Lipinski definition) is 0. The predicted molar refractivity (Wildman–Crippen MR) is 101 cm³/mol. The Kier molecular flexibility index (Phi) is 4.26. The van der Waals surface area contributed by atoms with E-state index >= 15 is 0 Å². The van der Waals surface area contributed by atoms with E-state index in [4.69, 9.17) is 4.98 Å². The molecule has 0 atom stereocenters. The normalized spacial score (nSPS) is 20.4. The van der Waals surface area contributed by atoms with Crippen molar-refractivity contribution in [2.75, 3.05) is 18.0 Å². The maximum absolute atomic E-state index is 14.7. The van der Waals surface area contributed by atoms with Crippen molar-refractivity contribution in [2.24, 2.45) is 5.41 Å². The molecule has 0 radical (unpaired) electrons. The van der Waals surface area contributed by atoms with E-state index in [1.165, 1.54) is 5.56 Å². The molecule has 0 bridgehead atoms. The fourth-order valence-electron chi connectivity index (χ4n) is 4.31. The number of aryl methyl sites for hydroxylation is 1. The van der Waals surface area contributed by atoms with Crippen LogP contribution >= 0.6 is 0 Å². The highest BCUT2D eigenvalue weighted by Crippen LogP contribution is 2.37. The zero-order valence-corrected chi connectivity index (χ0v) is 15.3. The zero-order valence-electron chi connectivity index (χ0n) is 15.3. The molecule has 0 saturated carbocycles. The Morgan fingerprint density at radius 2 is 1.84 bits per heavy atom. The summed E-state index contributed by atoms with van der Waals surface area (Å²) in [7, 11) is 0. The van der Waals surface area contributed by atoms with Crippen LogP contribution in [-0.2, 0) is 12.8 Å². The summed E-state index contributed by atoms with van der Waals surface area (Å²) in [6, 6.07) is 12.4. The van der Waals surface area contributed by atoms with Crippen LogP contribution in [0.2, 0.25) is 0 Å². The van der Waals surface area contributed by atoms with Crippen LogP contribution in [0.1, 0.15) is 55.8 Å². The van der Waals surface area contributed by atoms with Gasteiger partial charge in [0.25, 0.3) is 0 Å². The van der Waals surface area contributed by atoms with Gasteiger partial charge in [-0.2, -0.15) is 0 Å². The molecular formula is C22H27FN2. The molecular weight excluding hydrogens is 311 g/mol. The number of anilines is 1. The van der Waals surface area contributed by atoms with Gasteiger partial charge in [-0.15, -0.1) is 0 Å². The minimum Gasteiger partial charge on any atom is -0.354 e. The molecule has 1 saturated heterocycles. The van der Waals surface area contributed by atoms with Gasteiger partial charge in [0.2, 0.25) is 0 Å². The largest absolute Gasteiger partial charge is 0.354 e. The van der Waals surface area contributed by atoms with Gasteiger partial charge in [-0.1, -0.05) is 44.2 Å². The van der Waals surface area contributed by atoms with Gasteiger partial charge in [-0.25, -0.2) is 9.37 Å². The lowest BCUT2D eigenvalue weighted by molar-refractivity contribution is 0.309. The first-order valence-electron chi connectivity index (χ1n) is 9.50. The van der Waals surface area contributed by atoms with Gasteiger partial charge in [-0.3, -0.25) is 0 Å². The summed E-state index contributed by atoms with van der Waals surface area (Å²) in [5.41, 5.74) is 3.90. The molecule has 1 aromatic heterocycles. The molecule has 2 nitrogen and oxygen atoms in total. The van der Waals surface area contributed by atoms with Crippen molar-refractivity contribution in [1.29, 1.82) is 0 Å². The number of nitrogens with zero attached hydrogens (tertiary/aromatic N) is 2. The number of fused-ring (bicyclic) bond motifs is 1. The van der Waals surface area contributed by atoms with Gasteiger partial charge in [0.15, 0.2) is 11.6 Å². The third kappa shape index (κ3) is 3.42. The number of rotatable bonds is 2. The van der Waals surface area contributed by atoms with Crippen LogP contribution in [-0.4, -0.2) is 18.1 Å². The van der Waals surface area contributed by atoms with Crippen LogP contribution < -0.4 is 4.90 Å². The lowest BCUT2D eigenvalue weighted by atomic mass is 9.76. The lowest BCUT2D eigenvalue weighted by Crippen LogP contribution is -2.35. The summed E-state index contributed by atoms with van der Waals surface area (Å²) < 4.78 is 14.7. The molecule has 3 heteroatoms. The second-order valence-electron chi connectivity index (χ2n) is 8.41. The third-order valence-electron chi connectivity index (χ3n) is 5.91. The van der Waals surface area contributed by atoms with Gasteiger partial charge in [0.05, 0.1) is 0 Å². The predicted octanol–water partition coefficient (Wildman–Crippen LogP) is 5.12. The number of halogens is 1. The van der Waals surface area contributed by atoms with E-state index in [-0.39, 0.29) is 11.2 Å². The van der Waals surface area contributed by atoms with Crippen molar-refractivity contribution in [2.45, 2.75) is 51.9 Å². The van der Waals surface area contributed by atoms with Crippen molar-refractivity contribution in [3.8, 4) is 0 Å². The Bertz CT molecular complexity index is 746. The minimum absolute atomic E-state index is 0.142. The van der Waals surface area contributed by atoms with Crippen LogP contribution in [0.15, 0.2) is 36.4 Å². The summed E-state index contributed by atoms with van der Waals surface area (Å²) >= 11 is 0. The Balaban J connectivity index is 1.52. The van der Waals surface area contributed by atoms with Crippen molar-refractivity contribution in [3.63, 3.8) is 0 Å². The van der Waals surface area contributed by atoms with Crippen molar-refractivity contribution in [1.82, 2.24) is 4.98 Å². The summed E-state index contributed by atoms with van der Waals surface area (Å²) in [6.07, 6.45) is 5.14. The second kappa shape index (κ2) is 6.44. The minimum atomic E-state index is -0.142. The van der Waals surface area contributed by atoms with Crippen molar-refractivity contribution >= 4 is 5.82 Å². The van der Waals surface area contributed by atoms with Gasteiger partial charge in [-0.05, 0) is 60.6 Å². The molecule has 0 N–H and O–H groups in total. The van der Waals surface area contributed by atoms with Gasteiger partial charge in [0.1, 0.15) is 0 Å². The number of pyridine rings is 1. The van der Waals surface area contributed by atoms with Crippen molar-refractivity contribution in [3.05, 3.63) is 59.0 Å². The average Bonchev–Trinajstić information content (AvgIpc) is 2.62. The number of piperidine rings is 1. The first-order valence-corrected chi connectivity index (χ1v) is 9.50. The summed E-state index contributed by atoms with van der Waals surface area (Å²) in [6.45, 7) is 6.33. The fourth-order valence-corrected chi connectivity index (χ4v) is 4.31. The summed E-state index contributed by atoms with van der Waals surface area (Å²) in [5.74, 6) is 1.01. The van der Waals surface area contributed by atoms with Crippen LogP contribution in [0.25, 0.3) is 0 Å². The highest BCUT2D eigenvalue weighted by atomic mass is 19.1. The smallest absolute Gasteiger partial charge is 0.165 e. The average molecular weight is 338 g/mol. The molecule has 0 amide bonds. The molecule has 2 heterocycles. The molecule has 1 aliphatic carbocycles. The lowest BCUT2D eigenvalue weighted by Gasteiger charge is -2.35. The number of benzene rings is 1. The molecule has 2 aliphatic rings. The van der Waals surface area contributed by atoms with E-state index < -0.39 is 0 Å². The second-order valence-corrected chi connectivity index (χ2v) is 8.41. The molecule has 1 aliphatic heterocycles.